The summed E-state index contributed by atoms with van der Waals surface area (Å²) in [6.45, 7) is 3.40. The lowest BCUT2D eigenvalue weighted by Crippen LogP contribution is -2.16. The van der Waals surface area contributed by atoms with Gasteiger partial charge in [-0.25, -0.2) is 4.79 Å². The molecule has 0 unspecified atom stereocenters. The van der Waals surface area contributed by atoms with Crippen LogP contribution in [0.2, 0.25) is 0 Å². The van der Waals surface area contributed by atoms with Crippen molar-refractivity contribution in [2.45, 2.75) is 20.0 Å². The lowest BCUT2D eigenvalue weighted by atomic mass is 10.0. The fraction of sp³-hybridized carbons (Fsp3) is 0.103. The summed E-state index contributed by atoms with van der Waals surface area (Å²) >= 11 is 0. The van der Waals surface area contributed by atoms with Crippen molar-refractivity contribution in [3.05, 3.63) is 112 Å². The van der Waals surface area contributed by atoms with Crippen LogP contribution >= 0.6 is 0 Å². The molecule has 5 nitrogen and oxygen atoms in total. The van der Waals surface area contributed by atoms with Crippen LogP contribution in [-0.4, -0.2) is 5.97 Å². The molecule has 0 aliphatic carbocycles. The summed E-state index contributed by atoms with van der Waals surface area (Å²) < 4.78 is 57.8. The lowest BCUT2D eigenvalue weighted by molar-refractivity contribution is -0.154. The Bertz CT molecular complexity index is 1730. The summed E-state index contributed by atoms with van der Waals surface area (Å²) in [7, 11) is 0. The molecule has 37 heavy (non-hydrogen) atoms. The van der Waals surface area contributed by atoms with Crippen LogP contribution in [0.15, 0.2) is 88.1 Å². The number of hydrogen-bond acceptors (Lipinski definition) is 5. The van der Waals surface area contributed by atoms with Crippen molar-refractivity contribution >= 4 is 27.7 Å². The number of aryl methyl sites for hydroxylation is 2. The molecule has 8 heteroatoms. The molecule has 0 N–H and O–H groups in total. The number of rotatable bonds is 4. The van der Waals surface area contributed by atoms with Gasteiger partial charge in [0.05, 0.1) is 10.9 Å². The van der Waals surface area contributed by atoms with Crippen molar-refractivity contribution in [3.63, 3.8) is 0 Å². The van der Waals surface area contributed by atoms with E-state index in [0.29, 0.717) is 10.9 Å². The molecule has 0 aliphatic rings. The molecular weight excluding hydrogens is 485 g/mol. The Balaban J connectivity index is 1.56. The second-order valence-electron chi connectivity index (χ2n) is 8.53. The van der Waals surface area contributed by atoms with E-state index in [4.69, 9.17) is 13.9 Å². The smallest absolute Gasteiger partial charge is 0.449 e. The zero-order chi connectivity index (χ0) is 26.3. The van der Waals surface area contributed by atoms with E-state index in [1.54, 1.807) is 50.2 Å². The van der Waals surface area contributed by atoms with Crippen LogP contribution in [0.4, 0.5) is 13.2 Å². The SMILES string of the molecule is Cc1ccc(C)c(Oc2c(C(F)(F)F)oc3cc(OC(=O)c4cccc5ccccc45)ccc3c2=O)c1. The van der Waals surface area contributed by atoms with E-state index in [0.717, 1.165) is 17.0 Å². The average Bonchev–Trinajstić information content (AvgIpc) is 2.86. The monoisotopic (exact) mass is 504 g/mol. The second kappa shape index (κ2) is 9.13. The maximum Gasteiger partial charge on any atom is 0.453 e. The summed E-state index contributed by atoms with van der Waals surface area (Å²) in [6.07, 6.45) is -5.02. The van der Waals surface area contributed by atoms with E-state index >= 15 is 0 Å². The quantitative estimate of drug-likeness (QED) is 0.186. The Kier molecular flexibility index (Phi) is 5.95. The fourth-order valence-electron chi connectivity index (χ4n) is 3.99. The molecule has 4 aromatic carbocycles. The molecule has 0 radical (unpaired) electrons. The molecule has 5 aromatic rings. The van der Waals surface area contributed by atoms with Gasteiger partial charge in [-0.2, -0.15) is 13.2 Å². The van der Waals surface area contributed by atoms with Crippen molar-refractivity contribution in [3.8, 4) is 17.2 Å². The molecule has 0 saturated heterocycles. The number of benzene rings is 4. The predicted molar refractivity (Wildman–Crippen MR) is 132 cm³/mol. The average molecular weight is 504 g/mol. The van der Waals surface area contributed by atoms with Crippen molar-refractivity contribution in [1.29, 1.82) is 0 Å². The van der Waals surface area contributed by atoms with Gasteiger partial charge in [-0.3, -0.25) is 4.79 Å². The van der Waals surface area contributed by atoms with Gasteiger partial charge in [-0.05, 0) is 60.0 Å². The summed E-state index contributed by atoms with van der Waals surface area (Å²) in [6, 6.07) is 21.0. The molecule has 0 saturated carbocycles. The molecule has 186 valence electrons. The maximum atomic E-state index is 13.9. The second-order valence-corrected chi connectivity index (χ2v) is 8.53. The zero-order valence-electron chi connectivity index (χ0n) is 19.7. The van der Waals surface area contributed by atoms with Gasteiger partial charge in [0.25, 0.3) is 5.76 Å². The molecule has 1 heterocycles. The summed E-state index contributed by atoms with van der Waals surface area (Å²) in [5.74, 6) is -3.22. The van der Waals surface area contributed by atoms with Gasteiger partial charge in [0, 0.05) is 6.07 Å². The van der Waals surface area contributed by atoms with Crippen LogP contribution in [0.25, 0.3) is 21.7 Å². The van der Waals surface area contributed by atoms with E-state index in [1.165, 1.54) is 18.2 Å². The van der Waals surface area contributed by atoms with Crippen LogP contribution in [0, 0.1) is 13.8 Å². The Morgan fingerprint density at radius 2 is 1.62 bits per heavy atom. The van der Waals surface area contributed by atoms with Gasteiger partial charge in [-0.15, -0.1) is 0 Å². The van der Waals surface area contributed by atoms with E-state index in [1.807, 2.05) is 18.2 Å². The first kappa shape index (κ1) is 24.1. The third-order valence-electron chi connectivity index (χ3n) is 5.86. The van der Waals surface area contributed by atoms with Gasteiger partial charge < -0.3 is 13.9 Å². The molecule has 0 bridgehead atoms. The minimum Gasteiger partial charge on any atom is -0.449 e. The molecule has 0 amide bonds. The molecule has 0 atom stereocenters. The van der Waals surface area contributed by atoms with Gasteiger partial charge in [-0.1, -0.05) is 48.5 Å². The Morgan fingerprint density at radius 3 is 2.41 bits per heavy atom. The minimum absolute atomic E-state index is 0.0788. The molecule has 1 aromatic heterocycles. The first-order valence-corrected chi connectivity index (χ1v) is 11.2. The van der Waals surface area contributed by atoms with E-state index in [2.05, 4.69) is 0 Å². The van der Waals surface area contributed by atoms with Crippen molar-refractivity contribution < 1.29 is 31.9 Å². The van der Waals surface area contributed by atoms with Gasteiger partial charge >= 0.3 is 12.1 Å². The van der Waals surface area contributed by atoms with Gasteiger partial charge in [0.15, 0.2) is 0 Å². The van der Waals surface area contributed by atoms with Crippen molar-refractivity contribution in [2.24, 2.45) is 0 Å². The summed E-state index contributed by atoms with van der Waals surface area (Å²) in [5, 5.41) is 1.33. The first-order chi connectivity index (χ1) is 17.6. The highest BCUT2D eigenvalue weighted by atomic mass is 19.4. The van der Waals surface area contributed by atoms with E-state index in [-0.39, 0.29) is 22.4 Å². The van der Waals surface area contributed by atoms with E-state index < -0.39 is 34.7 Å². The highest BCUT2D eigenvalue weighted by molar-refractivity contribution is 6.05. The summed E-state index contributed by atoms with van der Waals surface area (Å²) in [4.78, 5) is 26.0. The number of esters is 1. The van der Waals surface area contributed by atoms with Crippen LogP contribution in [0.3, 0.4) is 0 Å². The number of fused-ring (bicyclic) bond motifs is 2. The number of carbonyl (C=O) groups is 1. The summed E-state index contributed by atoms with van der Waals surface area (Å²) in [5.41, 5.74) is 0.189. The number of alkyl halides is 3. The van der Waals surface area contributed by atoms with Crippen LogP contribution in [0.1, 0.15) is 27.2 Å². The van der Waals surface area contributed by atoms with Crippen LogP contribution < -0.4 is 14.9 Å². The zero-order valence-corrected chi connectivity index (χ0v) is 19.7. The van der Waals surface area contributed by atoms with Gasteiger partial charge in [0.1, 0.15) is 17.1 Å². The largest absolute Gasteiger partial charge is 0.453 e. The fourth-order valence-corrected chi connectivity index (χ4v) is 3.99. The third kappa shape index (κ3) is 4.65. The maximum absolute atomic E-state index is 13.9. The first-order valence-electron chi connectivity index (χ1n) is 11.2. The molecule has 5 rings (SSSR count). The predicted octanol–water partition coefficient (Wildman–Crippen LogP) is 7.59. The molecular formula is C29H19F3O5. The van der Waals surface area contributed by atoms with Crippen LogP contribution in [-0.2, 0) is 6.18 Å². The Morgan fingerprint density at radius 1 is 0.865 bits per heavy atom. The number of ether oxygens (including phenoxy) is 2. The van der Waals surface area contributed by atoms with E-state index in [9.17, 15) is 22.8 Å². The Labute approximate surface area is 208 Å². The molecule has 0 fully saturated rings. The third-order valence-corrected chi connectivity index (χ3v) is 5.86. The minimum atomic E-state index is -5.02. The normalized spacial score (nSPS) is 11.6. The van der Waals surface area contributed by atoms with Crippen LogP contribution in [0.5, 0.6) is 17.2 Å². The number of carbonyl (C=O) groups excluding carboxylic acids is 1. The topological polar surface area (TPSA) is 65.7 Å². The number of halogens is 3. The van der Waals surface area contributed by atoms with Gasteiger partial charge in [0.2, 0.25) is 11.2 Å². The molecule has 0 aliphatic heterocycles. The number of hydrogen-bond donors (Lipinski definition) is 0. The van der Waals surface area contributed by atoms with Crippen molar-refractivity contribution in [2.75, 3.05) is 0 Å². The lowest BCUT2D eigenvalue weighted by Gasteiger charge is -2.15. The van der Waals surface area contributed by atoms with Crippen molar-refractivity contribution in [1.82, 2.24) is 0 Å². The standard InChI is InChI=1S/C29H19F3O5/c1-16-10-11-17(2)23(14-16)36-26-25(33)22-13-12-19(15-24(22)37-27(26)29(30,31)32)35-28(34)21-9-5-7-18-6-3-4-8-20(18)21/h3-15H,1-2H3. The highest BCUT2D eigenvalue weighted by Gasteiger charge is 2.40. The Hall–Kier alpha value is -4.59. The highest BCUT2D eigenvalue weighted by Crippen LogP contribution is 2.39. The molecule has 0 spiro atoms.